The number of amides is 3. The van der Waals surface area contributed by atoms with Gasteiger partial charge in [0.2, 0.25) is 11.8 Å². The minimum Gasteiger partial charge on any atom is -0.458 e. The van der Waals surface area contributed by atoms with Crippen LogP contribution < -0.4 is 10.6 Å². The zero-order valence-corrected chi connectivity index (χ0v) is 31.3. The number of hydrogen-bond donors (Lipinski definition) is 2. The average molecular weight is 686 g/mol. The monoisotopic (exact) mass is 685 g/mol. The maximum absolute atomic E-state index is 14.9. The van der Waals surface area contributed by atoms with Crippen molar-refractivity contribution in [2.24, 2.45) is 0 Å². The normalized spacial score (nSPS) is 14.0. The van der Waals surface area contributed by atoms with Gasteiger partial charge in [-0.15, -0.1) is 0 Å². The summed E-state index contributed by atoms with van der Waals surface area (Å²) in [5.41, 5.74) is 2.40. The Balaban J connectivity index is 2.16. The summed E-state index contributed by atoms with van der Waals surface area (Å²) < 4.78 is 11.3. The smallest absolute Gasteiger partial charge is 0.408 e. The largest absolute Gasteiger partial charge is 0.458 e. The second-order valence-electron chi connectivity index (χ2n) is 14.9. The van der Waals surface area contributed by atoms with Crippen molar-refractivity contribution in [3.05, 3.63) is 107 Å². The van der Waals surface area contributed by atoms with Gasteiger partial charge in [-0.1, -0.05) is 91.3 Å². The van der Waals surface area contributed by atoms with Crippen molar-refractivity contribution in [2.75, 3.05) is 0 Å². The van der Waals surface area contributed by atoms with E-state index < -0.39 is 59.2 Å². The van der Waals surface area contributed by atoms with Gasteiger partial charge in [-0.2, -0.15) is 0 Å². The molecule has 0 aliphatic rings. The third-order valence-corrected chi connectivity index (χ3v) is 8.14. The van der Waals surface area contributed by atoms with Crippen molar-refractivity contribution in [3.8, 4) is 0 Å². The number of nitrogens with zero attached hydrogens (tertiary/aromatic N) is 1. The van der Waals surface area contributed by atoms with Crippen molar-refractivity contribution >= 4 is 23.9 Å². The molecule has 0 radical (unpaired) electrons. The van der Waals surface area contributed by atoms with E-state index in [4.69, 9.17) is 9.47 Å². The van der Waals surface area contributed by atoms with Crippen LogP contribution in [0.3, 0.4) is 0 Å². The Bertz CT molecular complexity index is 1590. The lowest BCUT2D eigenvalue weighted by Crippen LogP contribution is -2.57. The first-order chi connectivity index (χ1) is 23.4. The molecule has 4 atom stereocenters. The fourth-order valence-corrected chi connectivity index (χ4v) is 5.61. The van der Waals surface area contributed by atoms with Crippen LogP contribution in [-0.2, 0) is 36.7 Å². The van der Waals surface area contributed by atoms with Gasteiger partial charge in [0.05, 0.1) is 0 Å². The Hall–Kier alpha value is -4.66. The minimum absolute atomic E-state index is 0.168. The van der Waals surface area contributed by atoms with Crippen LogP contribution in [0.2, 0.25) is 0 Å². The van der Waals surface area contributed by atoms with E-state index in [1.807, 2.05) is 107 Å². The quantitative estimate of drug-likeness (QED) is 0.184. The van der Waals surface area contributed by atoms with E-state index in [0.29, 0.717) is 12.0 Å². The van der Waals surface area contributed by atoms with Gasteiger partial charge < -0.3 is 25.0 Å². The Morgan fingerprint density at radius 1 is 0.720 bits per heavy atom. The van der Waals surface area contributed by atoms with Crippen molar-refractivity contribution in [1.82, 2.24) is 15.5 Å². The number of alkyl carbamates (subject to hydrolysis) is 1. The van der Waals surface area contributed by atoms with Crippen molar-refractivity contribution in [2.45, 2.75) is 124 Å². The molecule has 0 aliphatic carbocycles. The molecule has 3 aromatic rings. The molecule has 0 bridgehead atoms. The molecule has 2 N–H and O–H groups in total. The maximum Gasteiger partial charge on any atom is 0.408 e. The number of ether oxygens (including phenoxy) is 2. The number of rotatable bonds is 13. The Morgan fingerprint density at radius 3 is 1.74 bits per heavy atom. The molecule has 9 nitrogen and oxygen atoms in total. The number of carbonyl (C=O) groups excluding carboxylic acids is 4. The van der Waals surface area contributed by atoms with Crippen LogP contribution in [0.4, 0.5) is 4.79 Å². The van der Waals surface area contributed by atoms with E-state index in [1.165, 1.54) is 0 Å². The third-order valence-electron chi connectivity index (χ3n) is 8.14. The maximum atomic E-state index is 14.9. The average Bonchev–Trinajstić information content (AvgIpc) is 3.03. The van der Waals surface area contributed by atoms with Crippen molar-refractivity contribution in [3.63, 3.8) is 0 Å². The van der Waals surface area contributed by atoms with Crippen LogP contribution in [0.5, 0.6) is 0 Å². The van der Waals surface area contributed by atoms with Crippen LogP contribution in [0, 0.1) is 13.8 Å². The molecule has 4 unspecified atom stereocenters. The summed E-state index contributed by atoms with van der Waals surface area (Å²) in [4.78, 5) is 58.1. The van der Waals surface area contributed by atoms with E-state index in [-0.39, 0.29) is 12.8 Å². The molecular formula is C41H55N3O6. The standard InChI is InChI=1S/C41H55N3O6/c1-11-29(4)44(37(46)33(25-30-18-14-12-15-19-30)43-39(48)50-41(8,9)10)35(32-24-27(2)22-23-28(32)3)36(45)42-34(38(47)49-40(5,6)7)26-31-20-16-13-17-21-31/h12-24,29,33-35H,11,25-26H2,1-10H3,(H,42,45)(H,43,48). The van der Waals surface area contributed by atoms with E-state index in [2.05, 4.69) is 10.6 Å². The van der Waals surface area contributed by atoms with Gasteiger partial charge in [-0.25, -0.2) is 9.59 Å². The predicted octanol–water partition coefficient (Wildman–Crippen LogP) is 7.18. The summed E-state index contributed by atoms with van der Waals surface area (Å²) in [6, 6.07) is 20.9. The topological polar surface area (TPSA) is 114 Å². The van der Waals surface area contributed by atoms with E-state index in [9.17, 15) is 19.2 Å². The lowest BCUT2D eigenvalue weighted by molar-refractivity contribution is -0.159. The molecule has 0 aliphatic heterocycles. The second kappa shape index (κ2) is 17.3. The molecule has 3 amide bonds. The summed E-state index contributed by atoms with van der Waals surface area (Å²) in [7, 11) is 0. The van der Waals surface area contributed by atoms with Gasteiger partial charge in [0.25, 0.3) is 0 Å². The molecule has 9 heteroatoms. The van der Waals surface area contributed by atoms with Gasteiger partial charge in [0.15, 0.2) is 0 Å². The molecule has 3 aromatic carbocycles. The highest BCUT2D eigenvalue weighted by atomic mass is 16.6. The molecule has 0 heterocycles. The molecule has 0 aromatic heterocycles. The lowest BCUT2D eigenvalue weighted by atomic mass is 9.93. The summed E-state index contributed by atoms with van der Waals surface area (Å²) in [6.45, 7) is 18.2. The zero-order valence-electron chi connectivity index (χ0n) is 31.3. The fraction of sp³-hybridized carbons (Fsp3) is 0.463. The second-order valence-corrected chi connectivity index (χ2v) is 14.9. The van der Waals surface area contributed by atoms with Crippen LogP contribution in [0.25, 0.3) is 0 Å². The van der Waals surface area contributed by atoms with Crippen LogP contribution in [0.15, 0.2) is 78.9 Å². The highest BCUT2D eigenvalue weighted by Gasteiger charge is 2.41. The van der Waals surface area contributed by atoms with Gasteiger partial charge in [-0.05, 0) is 91.0 Å². The van der Waals surface area contributed by atoms with Crippen LogP contribution in [0.1, 0.15) is 95.7 Å². The summed E-state index contributed by atoms with van der Waals surface area (Å²) >= 11 is 0. The number of nitrogens with one attached hydrogen (secondary N) is 2. The molecule has 270 valence electrons. The van der Waals surface area contributed by atoms with Gasteiger partial charge in [0.1, 0.15) is 29.3 Å². The number of carbonyl (C=O) groups is 4. The molecule has 0 fully saturated rings. The molecular weight excluding hydrogens is 630 g/mol. The highest BCUT2D eigenvalue weighted by molar-refractivity contribution is 5.94. The Kier molecular flexibility index (Phi) is 13.8. The third kappa shape index (κ3) is 12.0. The van der Waals surface area contributed by atoms with Crippen LogP contribution >= 0.6 is 0 Å². The number of benzene rings is 3. The molecule has 0 saturated carbocycles. The fourth-order valence-electron chi connectivity index (χ4n) is 5.61. The zero-order chi connectivity index (χ0) is 37.2. The summed E-state index contributed by atoms with van der Waals surface area (Å²) in [5, 5.41) is 5.80. The number of hydrogen-bond acceptors (Lipinski definition) is 6. The summed E-state index contributed by atoms with van der Waals surface area (Å²) in [5.74, 6) is -1.56. The molecule has 3 rings (SSSR count). The van der Waals surface area contributed by atoms with E-state index in [1.54, 1.807) is 46.4 Å². The lowest BCUT2D eigenvalue weighted by Gasteiger charge is -2.39. The summed E-state index contributed by atoms with van der Waals surface area (Å²) in [6.07, 6.45) is 0.137. The first-order valence-corrected chi connectivity index (χ1v) is 17.4. The minimum atomic E-state index is -1.14. The molecule has 0 saturated heterocycles. The van der Waals surface area contributed by atoms with Gasteiger partial charge in [0, 0.05) is 18.9 Å². The molecule has 0 spiro atoms. The van der Waals surface area contributed by atoms with E-state index >= 15 is 0 Å². The van der Waals surface area contributed by atoms with Gasteiger partial charge in [-0.3, -0.25) is 9.59 Å². The van der Waals surface area contributed by atoms with Crippen molar-refractivity contribution in [1.29, 1.82) is 0 Å². The van der Waals surface area contributed by atoms with Crippen molar-refractivity contribution < 1.29 is 28.7 Å². The van der Waals surface area contributed by atoms with Gasteiger partial charge >= 0.3 is 12.1 Å². The first-order valence-electron chi connectivity index (χ1n) is 17.4. The SMILES string of the molecule is CCC(C)N(C(=O)C(Cc1ccccc1)NC(=O)OC(C)(C)C)C(C(=O)NC(Cc1ccccc1)C(=O)OC(C)(C)C)c1cc(C)ccc1C. The number of aryl methyl sites for hydroxylation is 2. The first kappa shape index (κ1) is 39.8. The predicted molar refractivity (Wildman–Crippen MR) is 196 cm³/mol. The van der Waals surface area contributed by atoms with E-state index in [0.717, 1.165) is 22.3 Å². The molecule has 50 heavy (non-hydrogen) atoms. The Labute approximate surface area is 298 Å². The highest BCUT2D eigenvalue weighted by Crippen LogP contribution is 2.30. The number of esters is 1. The Morgan fingerprint density at radius 2 is 1.24 bits per heavy atom. The van der Waals surface area contributed by atoms with Crippen LogP contribution in [-0.4, -0.2) is 58.1 Å².